The van der Waals surface area contributed by atoms with Crippen LogP contribution in [-0.4, -0.2) is 55.6 Å². The topological polar surface area (TPSA) is 113 Å². The number of carbonyl (C=O) groups excluding carboxylic acids is 2. The standard InChI is InChI=1S/C22H28N4O4S2/c1-3-11-26-12-10-17-18(13-26)31-22(19(17)20(23)27)24-21(28)14-4-8-16(9-5-14)32(29,30)25(2)15-6-7-15/h4-5,8-9,15H,3,6-7,10-13H2,1-2H3,(H2,23,27)(H,24,28). The Morgan fingerprint density at radius 1 is 1.25 bits per heavy atom. The quantitative estimate of drug-likeness (QED) is 0.608. The lowest BCUT2D eigenvalue weighted by atomic mass is 10.0. The molecule has 2 amide bonds. The lowest BCUT2D eigenvalue weighted by Gasteiger charge is -2.26. The van der Waals surface area contributed by atoms with Gasteiger partial charge in [-0.25, -0.2) is 8.42 Å². The van der Waals surface area contributed by atoms with Gasteiger partial charge in [-0.3, -0.25) is 14.5 Å². The van der Waals surface area contributed by atoms with Gasteiger partial charge in [0, 0.05) is 36.6 Å². The highest BCUT2D eigenvalue weighted by Gasteiger charge is 2.35. The molecule has 1 aliphatic carbocycles. The van der Waals surface area contributed by atoms with Gasteiger partial charge in [-0.2, -0.15) is 4.31 Å². The van der Waals surface area contributed by atoms with Crippen molar-refractivity contribution in [1.82, 2.24) is 9.21 Å². The Hall–Kier alpha value is -2.27. The molecule has 0 bridgehead atoms. The van der Waals surface area contributed by atoms with Crippen LogP contribution in [0.5, 0.6) is 0 Å². The molecule has 1 saturated carbocycles. The summed E-state index contributed by atoms with van der Waals surface area (Å²) < 4.78 is 26.7. The predicted octanol–water partition coefficient (Wildman–Crippen LogP) is 2.65. The molecular weight excluding hydrogens is 448 g/mol. The molecule has 1 aromatic heterocycles. The zero-order chi connectivity index (χ0) is 23.0. The van der Waals surface area contributed by atoms with Crippen LogP contribution in [0.4, 0.5) is 5.00 Å². The Kier molecular flexibility index (Phi) is 6.39. The first kappa shape index (κ1) is 22.9. The number of thiophene rings is 1. The Morgan fingerprint density at radius 2 is 1.94 bits per heavy atom. The minimum Gasteiger partial charge on any atom is -0.365 e. The fourth-order valence-corrected chi connectivity index (χ4v) is 6.77. The van der Waals surface area contributed by atoms with E-state index >= 15 is 0 Å². The second-order valence-corrected chi connectivity index (χ2v) is 11.4. The van der Waals surface area contributed by atoms with Crippen molar-refractivity contribution >= 4 is 38.2 Å². The van der Waals surface area contributed by atoms with E-state index in [0.717, 1.165) is 55.8 Å². The monoisotopic (exact) mass is 476 g/mol. The Morgan fingerprint density at radius 3 is 2.53 bits per heavy atom. The number of rotatable bonds is 8. The summed E-state index contributed by atoms with van der Waals surface area (Å²) in [5.41, 5.74) is 7.27. The predicted molar refractivity (Wildman–Crippen MR) is 124 cm³/mol. The van der Waals surface area contributed by atoms with Crippen molar-refractivity contribution in [2.24, 2.45) is 5.73 Å². The number of carbonyl (C=O) groups is 2. The SMILES string of the molecule is CCCN1CCc2c(sc(NC(=O)c3ccc(S(=O)(=O)N(C)C4CC4)cc3)c2C(N)=O)C1. The number of sulfonamides is 1. The lowest BCUT2D eigenvalue weighted by molar-refractivity contribution is 0.1000. The summed E-state index contributed by atoms with van der Waals surface area (Å²) >= 11 is 1.39. The molecule has 0 radical (unpaired) electrons. The maximum atomic E-state index is 12.9. The van der Waals surface area contributed by atoms with Crippen molar-refractivity contribution in [3.05, 3.63) is 45.8 Å². The molecule has 2 aliphatic rings. The van der Waals surface area contributed by atoms with Crippen LogP contribution in [0.1, 0.15) is 57.3 Å². The number of amides is 2. The maximum absolute atomic E-state index is 12.9. The number of fused-ring (bicyclic) bond motifs is 1. The summed E-state index contributed by atoms with van der Waals surface area (Å²) in [4.78, 5) is 28.5. The number of nitrogens with zero attached hydrogens (tertiary/aromatic N) is 2. The van der Waals surface area contributed by atoms with Gasteiger partial charge in [0.2, 0.25) is 10.0 Å². The van der Waals surface area contributed by atoms with Crippen LogP contribution in [-0.2, 0) is 23.0 Å². The molecule has 0 atom stereocenters. The number of benzene rings is 1. The molecule has 4 rings (SSSR count). The number of hydrogen-bond acceptors (Lipinski definition) is 6. The van der Waals surface area contributed by atoms with Gasteiger partial charge < -0.3 is 11.1 Å². The van der Waals surface area contributed by atoms with Crippen LogP contribution in [0.15, 0.2) is 29.2 Å². The molecule has 172 valence electrons. The summed E-state index contributed by atoms with van der Waals surface area (Å²) in [5.74, 6) is -0.956. The summed E-state index contributed by atoms with van der Waals surface area (Å²) in [7, 11) is -1.99. The third-order valence-corrected chi connectivity index (χ3v) is 9.06. The highest BCUT2D eigenvalue weighted by Crippen LogP contribution is 2.37. The third kappa shape index (κ3) is 4.45. The zero-order valence-corrected chi connectivity index (χ0v) is 19.9. The van der Waals surface area contributed by atoms with E-state index in [9.17, 15) is 18.0 Å². The summed E-state index contributed by atoms with van der Waals surface area (Å²) in [6, 6.07) is 5.93. The second-order valence-electron chi connectivity index (χ2n) is 8.33. The smallest absolute Gasteiger partial charge is 0.256 e. The molecule has 2 aromatic rings. The van der Waals surface area contributed by atoms with Crippen LogP contribution in [0.2, 0.25) is 0 Å². The molecule has 8 nitrogen and oxygen atoms in total. The van der Waals surface area contributed by atoms with Gasteiger partial charge in [0.25, 0.3) is 11.8 Å². The van der Waals surface area contributed by atoms with Gasteiger partial charge in [-0.05, 0) is 62.1 Å². The van der Waals surface area contributed by atoms with Crippen molar-refractivity contribution in [3.8, 4) is 0 Å². The fourth-order valence-electron chi connectivity index (χ4n) is 4.07. The molecule has 2 heterocycles. The van der Waals surface area contributed by atoms with Crippen LogP contribution < -0.4 is 11.1 Å². The van der Waals surface area contributed by atoms with E-state index in [0.29, 0.717) is 16.1 Å². The van der Waals surface area contributed by atoms with E-state index in [2.05, 4.69) is 17.1 Å². The highest BCUT2D eigenvalue weighted by molar-refractivity contribution is 7.89. The minimum atomic E-state index is -3.57. The van der Waals surface area contributed by atoms with Crippen LogP contribution >= 0.6 is 11.3 Å². The molecule has 0 spiro atoms. The van der Waals surface area contributed by atoms with E-state index in [-0.39, 0.29) is 10.9 Å². The Labute approximate surface area is 192 Å². The van der Waals surface area contributed by atoms with E-state index in [1.54, 1.807) is 7.05 Å². The minimum absolute atomic E-state index is 0.0632. The number of nitrogens with one attached hydrogen (secondary N) is 1. The van der Waals surface area contributed by atoms with Gasteiger partial charge in [-0.1, -0.05) is 6.92 Å². The van der Waals surface area contributed by atoms with Crippen LogP contribution in [0.25, 0.3) is 0 Å². The summed E-state index contributed by atoms with van der Waals surface area (Å²) in [6.45, 7) is 4.71. The number of primary amides is 1. The first-order chi connectivity index (χ1) is 15.2. The first-order valence-electron chi connectivity index (χ1n) is 10.8. The Bertz CT molecular complexity index is 1140. The zero-order valence-electron chi connectivity index (χ0n) is 18.3. The molecule has 0 saturated heterocycles. The van der Waals surface area contributed by atoms with Gasteiger partial charge in [0.1, 0.15) is 5.00 Å². The molecule has 0 unspecified atom stereocenters. The largest absolute Gasteiger partial charge is 0.365 e. The average Bonchev–Trinajstić information content (AvgIpc) is 3.54. The van der Waals surface area contributed by atoms with E-state index in [1.807, 2.05) is 0 Å². The van der Waals surface area contributed by atoms with E-state index in [4.69, 9.17) is 5.73 Å². The Balaban J connectivity index is 1.53. The first-order valence-corrected chi connectivity index (χ1v) is 13.0. The molecule has 3 N–H and O–H groups in total. The average molecular weight is 477 g/mol. The van der Waals surface area contributed by atoms with E-state index < -0.39 is 21.8 Å². The highest BCUT2D eigenvalue weighted by atomic mass is 32.2. The molecular formula is C22H28N4O4S2. The van der Waals surface area contributed by atoms with Gasteiger partial charge in [0.05, 0.1) is 10.5 Å². The molecule has 10 heteroatoms. The van der Waals surface area contributed by atoms with Crippen molar-refractivity contribution in [1.29, 1.82) is 0 Å². The number of anilines is 1. The summed E-state index contributed by atoms with van der Waals surface area (Å²) in [5, 5.41) is 3.28. The molecule has 32 heavy (non-hydrogen) atoms. The summed E-state index contributed by atoms with van der Waals surface area (Å²) in [6.07, 6.45) is 3.52. The van der Waals surface area contributed by atoms with Crippen molar-refractivity contribution in [3.63, 3.8) is 0 Å². The molecule has 1 aliphatic heterocycles. The van der Waals surface area contributed by atoms with Crippen LogP contribution in [0.3, 0.4) is 0 Å². The number of nitrogens with two attached hydrogens (primary N) is 1. The van der Waals surface area contributed by atoms with Gasteiger partial charge in [0.15, 0.2) is 0 Å². The van der Waals surface area contributed by atoms with Crippen molar-refractivity contribution in [2.45, 2.75) is 50.1 Å². The van der Waals surface area contributed by atoms with Crippen molar-refractivity contribution < 1.29 is 18.0 Å². The normalized spacial score (nSPS) is 16.7. The maximum Gasteiger partial charge on any atom is 0.256 e. The van der Waals surface area contributed by atoms with Gasteiger partial charge in [-0.15, -0.1) is 11.3 Å². The third-order valence-electron chi connectivity index (χ3n) is 6.00. The van der Waals surface area contributed by atoms with E-state index in [1.165, 1.54) is 39.9 Å². The number of hydrogen-bond donors (Lipinski definition) is 2. The molecule has 1 aromatic carbocycles. The second kappa shape index (κ2) is 8.93. The van der Waals surface area contributed by atoms with Gasteiger partial charge >= 0.3 is 0 Å². The lowest BCUT2D eigenvalue weighted by Crippen LogP contribution is -2.31. The van der Waals surface area contributed by atoms with Crippen molar-refractivity contribution in [2.75, 3.05) is 25.5 Å². The van der Waals surface area contributed by atoms with Crippen LogP contribution in [0, 0.1) is 0 Å². The fraction of sp³-hybridized carbons (Fsp3) is 0.455. The molecule has 1 fully saturated rings.